The maximum absolute atomic E-state index is 13.4. The third kappa shape index (κ3) is 5.45. The molecule has 2 aliphatic heterocycles. The van der Waals surface area contributed by atoms with Gasteiger partial charge >= 0.3 is 5.97 Å². The van der Waals surface area contributed by atoms with Crippen LogP contribution in [0.1, 0.15) is 30.9 Å². The molecule has 6 nitrogen and oxygen atoms in total. The summed E-state index contributed by atoms with van der Waals surface area (Å²) in [6, 6.07) is 12.0. The molecular weight excluding hydrogens is 491 g/mol. The predicted octanol–water partition coefficient (Wildman–Crippen LogP) is 4.03. The summed E-state index contributed by atoms with van der Waals surface area (Å²) in [6.07, 6.45) is 2.12. The van der Waals surface area contributed by atoms with Crippen LogP contribution in [-0.4, -0.2) is 53.7 Å². The third-order valence-electron chi connectivity index (χ3n) is 6.14. The zero-order valence-corrected chi connectivity index (χ0v) is 19.9. The topological polar surface area (TPSA) is 78.9 Å². The van der Waals surface area contributed by atoms with Gasteiger partial charge in [0.2, 0.25) is 5.91 Å². The second-order valence-corrected chi connectivity index (χ2v) is 9.32. The SMILES string of the molecule is CC(=O)N1CC2CC(c3ccc(CCCOc4cc(F)ccc4Br)cc3)=C(C(=O)O)C(C1)N2. The van der Waals surface area contributed by atoms with E-state index in [0.29, 0.717) is 41.9 Å². The van der Waals surface area contributed by atoms with Crippen molar-refractivity contribution in [1.82, 2.24) is 10.2 Å². The molecule has 174 valence electrons. The summed E-state index contributed by atoms with van der Waals surface area (Å²) in [4.78, 5) is 25.6. The number of nitrogens with one attached hydrogen (secondary N) is 1. The van der Waals surface area contributed by atoms with E-state index in [0.717, 1.165) is 29.5 Å². The van der Waals surface area contributed by atoms with Gasteiger partial charge in [-0.1, -0.05) is 24.3 Å². The molecule has 1 saturated heterocycles. The number of amides is 1. The first kappa shape index (κ1) is 23.4. The largest absolute Gasteiger partial charge is 0.492 e. The number of carbonyl (C=O) groups excluding carboxylic acids is 1. The fourth-order valence-corrected chi connectivity index (χ4v) is 4.90. The number of hydrogen-bond donors (Lipinski definition) is 2. The molecule has 2 unspecified atom stereocenters. The number of rotatable bonds is 7. The van der Waals surface area contributed by atoms with E-state index in [-0.39, 0.29) is 23.8 Å². The van der Waals surface area contributed by atoms with E-state index in [2.05, 4.69) is 21.2 Å². The Hall–Kier alpha value is -2.71. The molecule has 1 fully saturated rings. The van der Waals surface area contributed by atoms with Gasteiger partial charge in [-0.3, -0.25) is 4.79 Å². The van der Waals surface area contributed by atoms with Crippen LogP contribution >= 0.6 is 15.9 Å². The van der Waals surface area contributed by atoms with Crippen molar-refractivity contribution in [2.75, 3.05) is 19.7 Å². The van der Waals surface area contributed by atoms with Gasteiger partial charge in [-0.15, -0.1) is 0 Å². The summed E-state index contributed by atoms with van der Waals surface area (Å²) in [5.74, 6) is -0.831. The van der Waals surface area contributed by atoms with Crippen LogP contribution in [-0.2, 0) is 16.0 Å². The quantitative estimate of drug-likeness (QED) is 0.543. The highest BCUT2D eigenvalue weighted by Crippen LogP contribution is 2.33. The van der Waals surface area contributed by atoms with E-state index in [4.69, 9.17) is 4.74 Å². The van der Waals surface area contributed by atoms with Gasteiger partial charge in [-0.05, 0) is 64.0 Å². The molecule has 2 N–H and O–H groups in total. The molecule has 0 spiro atoms. The number of hydrogen-bond acceptors (Lipinski definition) is 4. The Bertz CT molecular complexity index is 1090. The van der Waals surface area contributed by atoms with Gasteiger partial charge in [0.25, 0.3) is 0 Å². The monoisotopic (exact) mass is 516 g/mol. The van der Waals surface area contributed by atoms with Gasteiger partial charge in [0.1, 0.15) is 11.6 Å². The number of benzene rings is 2. The van der Waals surface area contributed by atoms with E-state index in [9.17, 15) is 19.1 Å². The van der Waals surface area contributed by atoms with E-state index >= 15 is 0 Å². The number of carbonyl (C=O) groups is 2. The molecule has 2 aromatic rings. The molecule has 2 aliphatic rings. The zero-order valence-electron chi connectivity index (χ0n) is 18.3. The number of carboxylic acid groups (broad SMARTS) is 1. The molecule has 8 heteroatoms. The fraction of sp³-hybridized carbons (Fsp3) is 0.360. The highest BCUT2D eigenvalue weighted by Gasteiger charge is 2.38. The summed E-state index contributed by atoms with van der Waals surface area (Å²) in [6.45, 7) is 2.94. The Balaban J connectivity index is 1.41. The molecule has 33 heavy (non-hydrogen) atoms. The predicted molar refractivity (Wildman–Crippen MR) is 126 cm³/mol. The normalized spacial score (nSPS) is 20.0. The molecule has 1 amide bonds. The number of piperazine rings is 1. The summed E-state index contributed by atoms with van der Waals surface area (Å²) in [5.41, 5.74) is 3.21. The van der Waals surface area contributed by atoms with Crippen molar-refractivity contribution in [3.8, 4) is 5.75 Å². The van der Waals surface area contributed by atoms with Gasteiger partial charge in [0.05, 0.1) is 22.7 Å². The first-order chi connectivity index (χ1) is 15.8. The number of carboxylic acids is 1. The molecule has 4 rings (SSSR count). The Morgan fingerprint density at radius 1 is 1.21 bits per heavy atom. The van der Waals surface area contributed by atoms with Crippen molar-refractivity contribution in [1.29, 1.82) is 0 Å². The summed E-state index contributed by atoms with van der Waals surface area (Å²) >= 11 is 3.35. The van der Waals surface area contributed by atoms with Crippen LogP contribution in [0.15, 0.2) is 52.5 Å². The third-order valence-corrected chi connectivity index (χ3v) is 6.80. The lowest BCUT2D eigenvalue weighted by atomic mass is 9.83. The van der Waals surface area contributed by atoms with Crippen LogP contribution in [0.2, 0.25) is 0 Å². The molecule has 2 atom stereocenters. The summed E-state index contributed by atoms with van der Waals surface area (Å²) in [7, 11) is 0. The standard InChI is InChI=1S/C25H26BrFN2O4/c1-15(30)29-13-19-12-20(24(25(31)32)22(14-29)28-19)17-6-4-16(5-7-17)3-2-10-33-23-11-18(27)8-9-21(23)26/h4-9,11,19,22,28H,2-3,10,12-14H2,1H3,(H,31,32). The smallest absolute Gasteiger partial charge is 0.333 e. The molecule has 0 radical (unpaired) electrons. The molecule has 0 aromatic heterocycles. The van der Waals surface area contributed by atoms with Crippen LogP contribution in [0, 0.1) is 5.82 Å². The van der Waals surface area contributed by atoms with E-state index in [1.807, 2.05) is 24.3 Å². The first-order valence-corrected chi connectivity index (χ1v) is 11.8. The van der Waals surface area contributed by atoms with Crippen molar-refractivity contribution in [3.05, 3.63) is 69.5 Å². The molecule has 0 saturated carbocycles. The minimum Gasteiger partial charge on any atom is -0.492 e. The van der Waals surface area contributed by atoms with Gasteiger partial charge in [-0.25, -0.2) is 9.18 Å². The minimum absolute atomic E-state index is 0.0298. The van der Waals surface area contributed by atoms with Crippen molar-refractivity contribution in [2.45, 2.75) is 38.3 Å². The van der Waals surface area contributed by atoms with Crippen molar-refractivity contribution in [2.24, 2.45) is 0 Å². The lowest BCUT2D eigenvalue weighted by Gasteiger charge is -2.43. The van der Waals surface area contributed by atoms with E-state index in [1.165, 1.54) is 19.1 Å². The molecule has 2 bridgehead atoms. The average molecular weight is 517 g/mol. The maximum Gasteiger partial charge on any atom is 0.333 e. The van der Waals surface area contributed by atoms with Crippen molar-refractivity contribution >= 4 is 33.4 Å². The highest BCUT2D eigenvalue weighted by molar-refractivity contribution is 9.10. The lowest BCUT2D eigenvalue weighted by Crippen LogP contribution is -2.61. The Morgan fingerprint density at radius 3 is 2.67 bits per heavy atom. The number of halogens is 2. The number of ether oxygens (including phenoxy) is 1. The van der Waals surface area contributed by atoms with Gasteiger partial charge in [0.15, 0.2) is 0 Å². The van der Waals surface area contributed by atoms with Crippen LogP contribution in [0.25, 0.3) is 5.57 Å². The lowest BCUT2D eigenvalue weighted by molar-refractivity contribution is -0.135. The second kappa shape index (κ2) is 10.1. The van der Waals surface area contributed by atoms with Crippen molar-refractivity contribution < 1.29 is 23.8 Å². The average Bonchev–Trinajstić information content (AvgIpc) is 2.78. The second-order valence-electron chi connectivity index (χ2n) is 8.47. The zero-order chi connectivity index (χ0) is 23.5. The van der Waals surface area contributed by atoms with Crippen LogP contribution in [0.4, 0.5) is 4.39 Å². The Labute approximate surface area is 200 Å². The van der Waals surface area contributed by atoms with Crippen LogP contribution in [0.3, 0.4) is 0 Å². The van der Waals surface area contributed by atoms with E-state index in [1.54, 1.807) is 11.0 Å². The van der Waals surface area contributed by atoms with Crippen molar-refractivity contribution in [3.63, 3.8) is 0 Å². The van der Waals surface area contributed by atoms with Crippen LogP contribution in [0.5, 0.6) is 5.75 Å². The van der Waals surface area contributed by atoms with E-state index < -0.39 is 5.97 Å². The molecule has 2 aromatic carbocycles. The molecule has 2 heterocycles. The van der Waals surface area contributed by atoms with Crippen LogP contribution < -0.4 is 10.1 Å². The number of fused-ring (bicyclic) bond motifs is 2. The number of nitrogens with zero attached hydrogens (tertiary/aromatic N) is 1. The number of aryl methyl sites for hydroxylation is 1. The minimum atomic E-state index is -0.948. The fourth-order valence-electron chi connectivity index (χ4n) is 4.54. The van der Waals surface area contributed by atoms with Gasteiger partial charge in [0, 0.05) is 32.1 Å². The first-order valence-electron chi connectivity index (χ1n) is 11.0. The summed E-state index contributed by atoms with van der Waals surface area (Å²) < 4.78 is 19.7. The number of aliphatic carboxylic acids is 1. The molecular formula is C25H26BrFN2O4. The molecule has 0 aliphatic carbocycles. The maximum atomic E-state index is 13.4. The Morgan fingerprint density at radius 2 is 1.97 bits per heavy atom. The van der Waals surface area contributed by atoms with Gasteiger partial charge in [-0.2, -0.15) is 0 Å². The summed E-state index contributed by atoms with van der Waals surface area (Å²) in [5, 5.41) is 13.3. The highest BCUT2D eigenvalue weighted by atomic mass is 79.9. The van der Waals surface area contributed by atoms with Gasteiger partial charge < -0.3 is 20.1 Å². The Kier molecular flexibility index (Phi) is 7.14.